The van der Waals surface area contributed by atoms with Crippen molar-refractivity contribution in [3.63, 3.8) is 0 Å². The maximum atomic E-state index is 13.0. The van der Waals surface area contributed by atoms with Crippen molar-refractivity contribution >= 4 is 17.3 Å². The third-order valence-corrected chi connectivity index (χ3v) is 4.54. The number of ether oxygens (including phenoxy) is 2. The van der Waals surface area contributed by atoms with Crippen molar-refractivity contribution in [2.75, 3.05) is 30.0 Å². The average Bonchev–Trinajstić information content (AvgIpc) is 2.77. The normalized spacial score (nSPS) is 12.3. The van der Waals surface area contributed by atoms with Gasteiger partial charge in [-0.3, -0.25) is 4.79 Å². The molecule has 0 spiro atoms. The van der Waals surface area contributed by atoms with E-state index in [1.807, 2.05) is 78.9 Å². The number of para-hydroxylation sites is 1. The highest BCUT2D eigenvalue weighted by atomic mass is 16.6. The summed E-state index contributed by atoms with van der Waals surface area (Å²) in [6, 6.07) is 25.3. The van der Waals surface area contributed by atoms with Crippen LogP contribution in [-0.2, 0) is 11.3 Å². The number of nitrogens with zero attached hydrogens (tertiary/aromatic N) is 1. The number of amides is 1. The smallest absolute Gasteiger partial charge is 0.246 e. The van der Waals surface area contributed by atoms with E-state index in [-0.39, 0.29) is 12.5 Å². The van der Waals surface area contributed by atoms with Crippen LogP contribution in [0.1, 0.15) is 5.56 Å². The molecule has 1 heterocycles. The first kappa shape index (κ1) is 17.9. The van der Waals surface area contributed by atoms with Crippen molar-refractivity contribution in [3.05, 3.63) is 84.4 Å². The predicted molar refractivity (Wildman–Crippen MR) is 110 cm³/mol. The van der Waals surface area contributed by atoms with Crippen molar-refractivity contribution in [2.24, 2.45) is 0 Å². The lowest BCUT2D eigenvalue weighted by molar-refractivity contribution is -0.117. The molecule has 28 heavy (non-hydrogen) atoms. The van der Waals surface area contributed by atoms with Crippen molar-refractivity contribution in [3.8, 4) is 11.5 Å². The van der Waals surface area contributed by atoms with Crippen molar-refractivity contribution in [2.45, 2.75) is 6.54 Å². The summed E-state index contributed by atoms with van der Waals surface area (Å²) in [7, 11) is 0. The van der Waals surface area contributed by atoms with E-state index < -0.39 is 0 Å². The van der Waals surface area contributed by atoms with Gasteiger partial charge in [0, 0.05) is 17.4 Å². The second-order valence-corrected chi connectivity index (χ2v) is 6.51. The molecule has 4 rings (SSSR count). The minimum atomic E-state index is -0.00931. The Morgan fingerprint density at radius 1 is 0.857 bits per heavy atom. The molecule has 0 fully saturated rings. The molecule has 1 amide bonds. The summed E-state index contributed by atoms with van der Waals surface area (Å²) >= 11 is 0. The van der Waals surface area contributed by atoms with Gasteiger partial charge in [0.05, 0.1) is 13.1 Å². The fourth-order valence-corrected chi connectivity index (χ4v) is 3.12. The van der Waals surface area contributed by atoms with Gasteiger partial charge in [-0.15, -0.1) is 0 Å². The third kappa shape index (κ3) is 4.26. The quantitative estimate of drug-likeness (QED) is 0.706. The molecular formula is C23H22N2O3. The van der Waals surface area contributed by atoms with E-state index in [0.717, 1.165) is 22.7 Å². The topological polar surface area (TPSA) is 50.8 Å². The maximum absolute atomic E-state index is 13.0. The summed E-state index contributed by atoms with van der Waals surface area (Å²) in [6.45, 7) is 1.80. The Balaban J connectivity index is 1.48. The zero-order valence-electron chi connectivity index (χ0n) is 15.5. The average molecular weight is 374 g/mol. The molecule has 3 aromatic rings. The Labute approximate surface area is 164 Å². The van der Waals surface area contributed by atoms with E-state index in [1.165, 1.54) is 0 Å². The summed E-state index contributed by atoms with van der Waals surface area (Å²) < 4.78 is 11.1. The number of hydrogen-bond acceptors (Lipinski definition) is 4. The highest BCUT2D eigenvalue weighted by molar-refractivity contribution is 5.96. The number of carbonyl (C=O) groups is 1. The van der Waals surface area contributed by atoms with E-state index in [9.17, 15) is 4.79 Å². The van der Waals surface area contributed by atoms with E-state index in [2.05, 4.69) is 5.32 Å². The van der Waals surface area contributed by atoms with Gasteiger partial charge in [-0.2, -0.15) is 0 Å². The maximum Gasteiger partial charge on any atom is 0.246 e. The zero-order valence-corrected chi connectivity index (χ0v) is 15.5. The molecule has 5 heteroatoms. The second kappa shape index (κ2) is 8.48. The van der Waals surface area contributed by atoms with Gasteiger partial charge in [0.1, 0.15) is 13.2 Å². The molecule has 0 saturated carbocycles. The van der Waals surface area contributed by atoms with Crippen LogP contribution in [0.5, 0.6) is 11.5 Å². The molecular weight excluding hydrogens is 352 g/mol. The molecule has 1 N–H and O–H groups in total. The number of nitrogens with one attached hydrogen (secondary N) is 1. The SMILES string of the molecule is O=C(CNc1ccc2c(c1)OCCO2)N(Cc1ccccc1)c1ccccc1. The Kier molecular flexibility index (Phi) is 5.43. The lowest BCUT2D eigenvalue weighted by atomic mass is 10.2. The first-order valence-electron chi connectivity index (χ1n) is 9.32. The lowest BCUT2D eigenvalue weighted by Crippen LogP contribution is -2.35. The summed E-state index contributed by atoms with van der Waals surface area (Å²) in [5.74, 6) is 1.43. The number of carbonyl (C=O) groups excluding carboxylic acids is 1. The van der Waals surface area contributed by atoms with Crippen LogP contribution in [-0.4, -0.2) is 25.7 Å². The standard InChI is InChI=1S/C23H22N2O3/c26-23(16-24-19-11-12-21-22(15-19)28-14-13-27-21)25(20-9-5-2-6-10-20)17-18-7-3-1-4-8-18/h1-12,15,24H,13-14,16-17H2. The van der Waals surface area contributed by atoms with E-state index in [1.54, 1.807) is 4.90 Å². The molecule has 0 saturated heterocycles. The Morgan fingerprint density at radius 3 is 2.29 bits per heavy atom. The molecule has 0 aromatic heterocycles. The number of benzene rings is 3. The van der Waals surface area contributed by atoms with Gasteiger partial charge in [-0.1, -0.05) is 48.5 Å². The first-order chi connectivity index (χ1) is 13.8. The molecule has 5 nitrogen and oxygen atoms in total. The highest BCUT2D eigenvalue weighted by Crippen LogP contribution is 2.32. The van der Waals surface area contributed by atoms with Crippen LogP contribution in [0.4, 0.5) is 11.4 Å². The fourth-order valence-electron chi connectivity index (χ4n) is 3.12. The van der Waals surface area contributed by atoms with E-state index in [0.29, 0.717) is 25.5 Å². The van der Waals surface area contributed by atoms with Gasteiger partial charge in [0.2, 0.25) is 5.91 Å². The molecule has 1 aliphatic heterocycles. The zero-order chi connectivity index (χ0) is 19.2. The highest BCUT2D eigenvalue weighted by Gasteiger charge is 2.17. The van der Waals surface area contributed by atoms with Gasteiger partial charge in [-0.25, -0.2) is 0 Å². The van der Waals surface area contributed by atoms with Crippen LogP contribution >= 0.6 is 0 Å². The molecule has 0 radical (unpaired) electrons. The number of rotatable bonds is 6. The first-order valence-corrected chi connectivity index (χ1v) is 9.32. The molecule has 3 aromatic carbocycles. The summed E-state index contributed by atoms with van der Waals surface area (Å²) in [5.41, 5.74) is 2.78. The van der Waals surface area contributed by atoms with Crippen LogP contribution in [0, 0.1) is 0 Å². The van der Waals surface area contributed by atoms with E-state index in [4.69, 9.17) is 9.47 Å². The van der Waals surface area contributed by atoms with Gasteiger partial charge in [0.25, 0.3) is 0 Å². The van der Waals surface area contributed by atoms with Gasteiger partial charge < -0.3 is 19.7 Å². The molecule has 142 valence electrons. The predicted octanol–water partition coefficient (Wildman–Crippen LogP) is 4.10. The van der Waals surface area contributed by atoms with Crippen LogP contribution in [0.25, 0.3) is 0 Å². The third-order valence-electron chi connectivity index (χ3n) is 4.54. The minimum Gasteiger partial charge on any atom is -0.486 e. The van der Waals surface area contributed by atoms with E-state index >= 15 is 0 Å². The Bertz CT molecular complexity index is 929. The second-order valence-electron chi connectivity index (χ2n) is 6.51. The summed E-state index contributed by atoms with van der Waals surface area (Å²) in [4.78, 5) is 14.8. The molecule has 0 aliphatic carbocycles. The van der Waals surface area contributed by atoms with Crippen LogP contribution < -0.4 is 19.7 Å². The number of anilines is 2. The van der Waals surface area contributed by atoms with Crippen LogP contribution in [0.3, 0.4) is 0 Å². The van der Waals surface area contributed by atoms with Crippen molar-refractivity contribution < 1.29 is 14.3 Å². The van der Waals surface area contributed by atoms with Crippen molar-refractivity contribution in [1.82, 2.24) is 0 Å². The van der Waals surface area contributed by atoms with Crippen molar-refractivity contribution in [1.29, 1.82) is 0 Å². The fraction of sp³-hybridized carbons (Fsp3) is 0.174. The van der Waals surface area contributed by atoms with Crippen LogP contribution in [0.15, 0.2) is 78.9 Å². The molecule has 0 bridgehead atoms. The Hall–Kier alpha value is -3.47. The monoisotopic (exact) mass is 374 g/mol. The largest absolute Gasteiger partial charge is 0.486 e. The van der Waals surface area contributed by atoms with Gasteiger partial charge >= 0.3 is 0 Å². The van der Waals surface area contributed by atoms with Gasteiger partial charge in [0.15, 0.2) is 11.5 Å². The number of fused-ring (bicyclic) bond motifs is 1. The summed E-state index contributed by atoms with van der Waals surface area (Å²) in [6.07, 6.45) is 0. The lowest BCUT2D eigenvalue weighted by Gasteiger charge is -2.24. The number of hydrogen-bond donors (Lipinski definition) is 1. The Morgan fingerprint density at radius 2 is 1.54 bits per heavy atom. The summed E-state index contributed by atoms with van der Waals surface area (Å²) in [5, 5.41) is 3.20. The van der Waals surface area contributed by atoms with Gasteiger partial charge in [-0.05, 0) is 29.8 Å². The molecule has 0 atom stereocenters. The minimum absolute atomic E-state index is 0.00931. The molecule has 1 aliphatic rings. The van der Waals surface area contributed by atoms with Crippen LogP contribution in [0.2, 0.25) is 0 Å². The molecule has 0 unspecified atom stereocenters.